The van der Waals surface area contributed by atoms with E-state index in [0.29, 0.717) is 5.69 Å². The van der Waals surface area contributed by atoms with Crippen molar-refractivity contribution in [3.8, 4) is 0 Å². The summed E-state index contributed by atoms with van der Waals surface area (Å²) in [6, 6.07) is 6.35. The summed E-state index contributed by atoms with van der Waals surface area (Å²) in [6.07, 6.45) is 0. The average molecular weight is 293 g/mol. The largest absolute Gasteiger partial charge is 0.342 e. The van der Waals surface area contributed by atoms with Gasteiger partial charge >= 0.3 is 19.8 Å². The summed E-state index contributed by atoms with van der Waals surface area (Å²) in [7, 11) is 0. The lowest BCUT2D eigenvalue weighted by Crippen LogP contribution is -2.06. The van der Waals surface area contributed by atoms with E-state index in [0.717, 1.165) is 0 Å². The first-order valence-corrected chi connectivity index (χ1v) is 6.37. The molecule has 1 aromatic carbocycles. The predicted octanol–water partition coefficient (Wildman–Crippen LogP) is 2.01. The van der Waals surface area contributed by atoms with E-state index in [9.17, 15) is 10.9 Å². The first-order valence-electron chi connectivity index (χ1n) is 3.53. The molecule has 0 atom stereocenters. The molecule has 0 bridgehead atoms. The lowest BCUT2D eigenvalue weighted by molar-refractivity contribution is -0.114. The molecule has 1 amide bonds. The molecule has 1 aromatic rings. The minimum absolute atomic E-state index is 0.224. The predicted molar refractivity (Wildman–Crippen MR) is 54.8 cm³/mol. The molecule has 13 heavy (non-hydrogen) atoms. The van der Waals surface area contributed by atoms with Crippen molar-refractivity contribution >= 4 is 31.4 Å². The molecular weight excluding hydrogens is 285 g/mol. The van der Waals surface area contributed by atoms with E-state index in [1.807, 2.05) is 0 Å². The first-order chi connectivity index (χ1) is 6.11. The summed E-state index contributed by atoms with van der Waals surface area (Å²) >= 11 is -3.50. The van der Waals surface area contributed by atoms with Crippen LogP contribution in [0.4, 0.5) is 5.69 Å². The fourth-order valence-corrected chi connectivity index (χ4v) is 2.18. The molecule has 0 saturated heterocycles. The summed E-state index contributed by atoms with van der Waals surface area (Å²) in [6.45, 7) is 1.34. The number of hydrogen-bond acceptors (Lipinski definition) is 3. The highest BCUT2D eigenvalue weighted by molar-refractivity contribution is 14.2. The Balaban J connectivity index is 3.12. The topological polar surface area (TPSA) is 63.2 Å². The van der Waals surface area contributed by atoms with E-state index < -0.39 is 19.8 Å². The summed E-state index contributed by atoms with van der Waals surface area (Å²) in [5.41, 5.74) is 0.366. The number of nitrogens with one attached hydrogen (secondary N) is 1. The van der Waals surface area contributed by atoms with Gasteiger partial charge in [-0.3, -0.25) is 4.79 Å². The van der Waals surface area contributed by atoms with Gasteiger partial charge in [0, 0.05) is 6.92 Å². The van der Waals surface area contributed by atoms with Gasteiger partial charge in [-0.15, -0.1) is 0 Å². The molecule has 0 heterocycles. The van der Waals surface area contributed by atoms with Crippen LogP contribution < -0.4 is 5.32 Å². The number of para-hydroxylation sites is 1. The summed E-state index contributed by atoms with van der Waals surface area (Å²) in [4.78, 5) is 10.7. The van der Waals surface area contributed by atoms with Crippen molar-refractivity contribution in [1.82, 2.24) is 0 Å². The van der Waals surface area contributed by atoms with Crippen LogP contribution in [0.3, 0.4) is 0 Å². The Morgan fingerprint density at radius 1 is 1.31 bits per heavy atom. The van der Waals surface area contributed by atoms with Gasteiger partial charge < -0.3 is 5.32 Å². The normalized spacial score (nSPS) is 10.0. The van der Waals surface area contributed by atoms with Gasteiger partial charge in [-0.25, -0.2) is 6.14 Å². The molecule has 1 rings (SSSR count). The lowest BCUT2D eigenvalue weighted by atomic mass is 10.3. The van der Waals surface area contributed by atoms with Gasteiger partial charge in [0.2, 0.25) is 5.91 Å². The lowest BCUT2D eigenvalue weighted by Gasteiger charge is -2.02. The van der Waals surface area contributed by atoms with Crippen LogP contribution in [0.25, 0.3) is 0 Å². The highest BCUT2D eigenvalue weighted by atomic mass is 127. The second-order valence-corrected chi connectivity index (χ2v) is 4.78. The number of halogens is 1. The van der Waals surface area contributed by atoms with E-state index in [1.54, 1.807) is 18.2 Å². The van der Waals surface area contributed by atoms with E-state index in [1.165, 1.54) is 13.0 Å². The Bertz CT molecular complexity index is 390. The molecule has 5 heteroatoms. The summed E-state index contributed by atoms with van der Waals surface area (Å²) in [5.74, 6) is -0.273. The molecule has 0 unspecified atom stereocenters. The van der Waals surface area contributed by atoms with Crippen LogP contribution >= 0.6 is 19.8 Å². The summed E-state index contributed by atoms with van der Waals surface area (Å²) < 4.78 is 21.8. The van der Waals surface area contributed by atoms with Crippen LogP contribution in [0, 0.1) is 3.57 Å². The minimum Gasteiger partial charge on any atom is -0.325 e. The van der Waals surface area contributed by atoms with Gasteiger partial charge in [0.1, 0.15) is 0 Å². The molecule has 0 aromatic heterocycles. The van der Waals surface area contributed by atoms with E-state index in [2.05, 4.69) is 5.32 Å². The number of carbonyl (C=O) groups is 1. The smallest absolute Gasteiger partial charge is 0.325 e. The molecule has 1 N–H and O–H groups in total. The number of rotatable bonds is 2. The maximum absolute atomic E-state index is 10.8. The van der Waals surface area contributed by atoms with Crippen LogP contribution in [0.1, 0.15) is 6.92 Å². The van der Waals surface area contributed by atoms with Crippen LogP contribution in [0.15, 0.2) is 24.3 Å². The Labute approximate surface area is 82.5 Å². The molecule has 0 spiro atoms. The SMILES string of the molecule is CC(=O)Nc1ccccc1I(=O)=O. The number of amides is 1. The molecule has 70 valence electrons. The zero-order valence-corrected chi connectivity index (χ0v) is 9.07. The van der Waals surface area contributed by atoms with Crippen LogP contribution in [-0.2, 0) is 10.9 Å². The van der Waals surface area contributed by atoms with E-state index in [-0.39, 0.29) is 9.48 Å². The van der Waals surface area contributed by atoms with Crippen LogP contribution in [0.2, 0.25) is 0 Å². The van der Waals surface area contributed by atoms with Gasteiger partial charge in [-0.1, -0.05) is 12.1 Å². The monoisotopic (exact) mass is 293 g/mol. The molecule has 4 nitrogen and oxygen atoms in total. The Hall–Kier alpha value is -0.980. The molecular formula is C8H8INO3. The highest BCUT2D eigenvalue weighted by Crippen LogP contribution is 2.25. The Morgan fingerprint density at radius 3 is 2.46 bits per heavy atom. The zero-order chi connectivity index (χ0) is 9.84. The third-order valence-electron chi connectivity index (χ3n) is 1.35. The number of anilines is 1. The van der Waals surface area contributed by atoms with Gasteiger partial charge in [0.25, 0.3) is 0 Å². The van der Waals surface area contributed by atoms with Crippen LogP contribution in [-0.4, -0.2) is 5.91 Å². The maximum atomic E-state index is 10.8. The van der Waals surface area contributed by atoms with Gasteiger partial charge in [0.15, 0.2) is 0 Å². The van der Waals surface area contributed by atoms with Crippen molar-refractivity contribution in [3.63, 3.8) is 0 Å². The molecule has 0 radical (unpaired) electrons. The number of hydrogen-bond donors (Lipinski definition) is 1. The van der Waals surface area contributed by atoms with Gasteiger partial charge in [-0.2, -0.15) is 0 Å². The maximum Gasteiger partial charge on any atom is 0.342 e. The summed E-state index contributed by atoms with van der Waals surface area (Å²) in [5, 5.41) is 2.45. The number of benzene rings is 1. The van der Waals surface area contributed by atoms with Crippen molar-refractivity contribution in [2.45, 2.75) is 6.92 Å². The van der Waals surface area contributed by atoms with Crippen molar-refractivity contribution in [1.29, 1.82) is 0 Å². The van der Waals surface area contributed by atoms with Crippen molar-refractivity contribution < 1.29 is 10.9 Å². The highest BCUT2D eigenvalue weighted by Gasteiger charge is 2.06. The minimum atomic E-state index is -3.50. The second kappa shape index (κ2) is 4.31. The van der Waals surface area contributed by atoms with Gasteiger partial charge in [0.05, 0.1) is 9.26 Å². The van der Waals surface area contributed by atoms with Crippen molar-refractivity contribution in [2.75, 3.05) is 5.32 Å². The third kappa shape index (κ3) is 2.76. The Morgan fingerprint density at radius 2 is 1.92 bits per heavy atom. The molecule has 0 saturated carbocycles. The zero-order valence-electron chi connectivity index (χ0n) is 6.91. The van der Waals surface area contributed by atoms with Gasteiger partial charge in [-0.05, 0) is 12.1 Å². The first kappa shape index (κ1) is 10.1. The molecule has 0 fully saturated rings. The fourth-order valence-electron chi connectivity index (χ4n) is 0.887. The van der Waals surface area contributed by atoms with Crippen molar-refractivity contribution in [2.24, 2.45) is 0 Å². The number of carbonyl (C=O) groups excluding carboxylic acids is 1. The fraction of sp³-hybridized carbons (Fsp3) is 0.125. The van der Waals surface area contributed by atoms with Crippen molar-refractivity contribution in [3.05, 3.63) is 27.8 Å². The third-order valence-corrected chi connectivity index (χ3v) is 3.24. The van der Waals surface area contributed by atoms with Crippen LogP contribution in [0.5, 0.6) is 0 Å². The Kier molecular flexibility index (Phi) is 3.35. The van der Waals surface area contributed by atoms with E-state index >= 15 is 0 Å². The average Bonchev–Trinajstić information content (AvgIpc) is 2.03. The quantitative estimate of drug-likeness (QED) is 0.848. The molecule has 0 aliphatic carbocycles. The van der Waals surface area contributed by atoms with E-state index in [4.69, 9.17) is 0 Å². The standard InChI is InChI=1S/C8H8INO3/c1-6(11)10-8-5-3-2-4-7(8)9(12)13/h2-5H,1H3,(H,10,11). The second-order valence-electron chi connectivity index (χ2n) is 2.38. The molecule has 0 aliphatic heterocycles. The molecule has 0 aliphatic rings.